The highest BCUT2D eigenvalue weighted by atomic mass is 31.2. The van der Waals surface area contributed by atoms with Crippen LogP contribution in [0.2, 0.25) is 0 Å². The predicted octanol–water partition coefficient (Wildman–Crippen LogP) is 14.4. The van der Waals surface area contributed by atoms with E-state index < -0.39 is 26.5 Å². The summed E-state index contributed by atoms with van der Waals surface area (Å²) in [4.78, 5) is 34.0. The SMILES string of the molecule is CCCCC/C=C\C/C=C\C/C=C\CCCCCCCCCCCCC(=O)OCC(O)COP(=O)(O)OCCNC(=O)CCCCCCCCC/C=C\C/C=C\CCCCC. The molecule has 0 saturated heterocycles. The first-order valence-corrected chi connectivity index (χ1v) is 26.3. The van der Waals surface area contributed by atoms with Gasteiger partial charge in [-0.15, -0.1) is 0 Å². The van der Waals surface area contributed by atoms with Gasteiger partial charge in [0.1, 0.15) is 12.7 Å². The Labute approximate surface area is 374 Å². The van der Waals surface area contributed by atoms with Crippen LogP contribution in [0.15, 0.2) is 60.8 Å². The maximum Gasteiger partial charge on any atom is 0.472 e. The molecule has 0 aliphatic rings. The lowest BCUT2D eigenvalue weighted by Gasteiger charge is -2.15. The molecule has 2 unspecified atom stereocenters. The van der Waals surface area contributed by atoms with E-state index in [0.717, 1.165) is 64.2 Å². The summed E-state index contributed by atoms with van der Waals surface area (Å²) in [5, 5.41) is 12.7. The van der Waals surface area contributed by atoms with Crippen molar-refractivity contribution >= 4 is 19.7 Å². The lowest BCUT2D eigenvalue weighted by atomic mass is 10.1. The summed E-state index contributed by atoms with van der Waals surface area (Å²) in [7, 11) is -4.43. The van der Waals surface area contributed by atoms with Crippen molar-refractivity contribution in [2.24, 2.45) is 0 Å². The number of esters is 1. The van der Waals surface area contributed by atoms with Crippen LogP contribution >= 0.6 is 7.82 Å². The number of phosphoric ester groups is 1. The number of amides is 1. The fourth-order valence-corrected chi connectivity index (χ4v) is 7.41. The van der Waals surface area contributed by atoms with Gasteiger partial charge in [0.05, 0.1) is 13.2 Å². The molecule has 3 N–H and O–H groups in total. The van der Waals surface area contributed by atoms with E-state index in [1.807, 2.05) is 0 Å². The number of phosphoric acid groups is 1. The number of hydrogen-bond donors (Lipinski definition) is 3. The number of rotatable bonds is 46. The Morgan fingerprint density at radius 1 is 0.508 bits per heavy atom. The largest absolute Gasteiger partial charge is 0.472 e. The fourth-order valence-electron chi connectivity index (χ4n) is 6.65. The van der Waals surface area contributed by atoms with Crippen molar-refractivity contribution in [3.63, 3.8) is 0 Å². The number of allylic oxidation sites excluding steroid dienone is 10. The third kappa shape index (κ3) is 48.6. The van der Waals surface area contributed by atoms with E-state index in [1.54, 1.807) is 0 Å². The molecular formula is C51H92NO8P. The maximum absolute atomic E-state index is 12.1. The van der Waals surface area contributed by atoms with Crippen LogP contribution < -0.4 is 5.32 Å². The van der Waals surface area contributed by atoms with Crippen LogP contribution in [0, 0.1) is 0 Å². The van der Waals surface area contributed by atoms with Gasteiger partial charge in [-0.2, -0.15) is 0 Å². The molecule has 0 saturated carbocycles. The first-order valence-electron chi connectivity index (χ1n) is 24.8. The number of unbranched alkanes of at least 4 members (excludes halogenated alkanes) is 23. The minimum atomic E-state index is -4.43. The quantitative estimate of drug-likeness (QED) is 0.0238. The van der Waals surface area contributed by atoms with Crippen molar-refractivity contribution in [3.8, 4) is 0 Å². The highest BCUT2D eigenvalue weighted by molar-refractivity contribution is 7.47. The molecule has 0 rings (SSSR count). The molecule has 61 heavy (non-hydrogen) atoms. The van der Waals surface area contributed by atoms with E-state index in [-0.39, 0.29) is 32.1 Å². The molecule has 0 spiro atoms. The van der Waals surface area contributed by atoms with Gasteiger partial charge in [0.15, 0.2) is 0 Å². The summed E-state index contributed by atoms with van der Waals surface area (Å²) in [6.07, 6.45) is 57.2. The van der Waals surface area contributed by atoms with Gasteiger partial charge in [0.25, 0.3) is 0 Å². The second kappa shape index (κ2) is 47.2. The van der Waals surface area contributed by atoms with Gasteiger partial charge in [-0.3, -0.25) is 18.6 Å². The smallest absolute Gasteiger partial charge is 0.463 e. The number of carbonyl (C=O) groups excluding carboxylic acids is 2. The van der Waals surface area contributed by atoms with Crippen molar-refractivity contribution in [2.75, 3.05) is 26.4 Å². The van der Waals surface area contributed by atoms with Crippen molar-refractivity contribution in [2.45, 2.75) is 225 Å². The molecule has 0 aromatic rings. The zero-order valence-corrected chi connectivity index (χ0v) is 40.0. The molecule has 2 atom stereocenters. The molecule has 0 aliphatic heterocycles. The van der Waals surface area contributed by atoms with Gasteiger partial charge in [-0.1, -0.05) is 184 Å². The lowest BCUT2D eigenvalue weighted by molar-refractivity contribution is -0.147. The molecule has 0 aromatic carbocycles. The average molecular weight is 878 g/mol. The summed E-state index contributed by atoms with van der Waals surface area (Å²) in [6.45, 7) is 3.50. The Morgan fingerprint density at radius 3 is 1.33 bits per heavy atom. The van der Waals surface area contributed by atoms with Crippen LogP contribution in [0.4, 0.5) is 0 Å². The number of carbonyl (C=O) groups is 2. The van der Waals surface area contributed by atoms with Gasteiger partial charge < -0.3 is 20.1 Å². The molecule has 354 valence electrons. The molecule has 0 aliphatic carbocycles. The number of aliphatic hydroxyl groups excluding tert-OH is 1. The summed E-state index contributed by atoms with van der Waals surface area (Å²) in [5.74, 6) is -0.527. The summed E-state index contributed by atoms with van der Waals surface area (Å²) in [5.41, 5.74) is 0. The van der Waals surface area contributed by atoms with E-state index in [0.29, 0.717) is 6.42 Å². The fraction of sp³-hybridized carbons (Fsp3) is 0.765. The average Bonchev–Trinajstić information content (AvgIpc) is 3.25. The molecule has 0 heterocycles. The standard InChI is InChI=1S/C51H92NO8P/c1-3-5-7-9-11-13-15-17-19-21-22-23-24-25-26-28-30-32-34-36-38-40-42-44-51(55)58-47-49(53)48-60-61(56,57)59-46-45-52-50(54)43-41-39-37-35-33-31-29-27-20-18-16-14-12-10-8-6-4-2/h11-14,17-20,22-23,49,53H,3-10,15-16,21,24-48H2,1-2H3,(H,52,54)(H,56,57)/b13-11-,14-12-,19-17-,20-18-,23-22-. The first-order chi connectivity index (χ1) is 29.8. The van der Waals surface area contributed by atoms with Crippen LogP contribution in [0.25, 0.3) is 0 Å². The van der Waals surface area contributed by atoms with E-state index in [1.165, 1.54) is 128 Å². The number of hydrogen-bond acceptors (Lipinski definition) is 7. The van der Waals surface area contributed by atoms with E-state index >= 15 is 0 Å². The molecule has 0 aromatic heterocycles. The Kier molecular flexibility index (Phi) is 45.4. The Hall–Kier alpha value is -2.29. The predicted molar refractivity (Wildman–Crippen MR) is 256 cm³/mol. The number of nitrogens with one attached hydrogen (secondary N) is 1. The second-order valence-corrected chi connectivity index (χ2v) is 17.9. The Bertz CT molecular complexity index is 1180. The molecule has 1 amide bonds. The van der Waals surface area contributed by atoms with Gasteiger partial charge in [0, 0.05) is 19.4 Å². The van der Waals surface area contributed by atoms with Crippen molar-refractivity contribution in [1.29, 1.82) is 0 Å². The molecule has 10 heteroatoms. The van der Waals surface area contributed by atoms with Crippen molar-refractivity contribution in [1.82, 2.24) is 5.32 Å². The third-order valence-electron chi connectivity index (χ3n) is 10.4. The number of aliphatic hydroxyl groups is 1. The minimum Gasteiger partial charge on any atom is -0.463 e. The lowest BCUT2D eigenvalue weighted by Crippen LogP contribution is -2.27. The molecule has 0 bridgehead atoms. The van der Waals surface area contributed by atoms with E-state index in [9.17, 15) is 24.2 Å². The Morgan fingerprint density at radius 2 is 0.885 bits per heavy atom. The third-order valence-corrected chi connectivity index (χ3v) is 11.4. The molecule has 0 fully saturated rings. The Balaban J connectivity index is 3.59. The maximum atomic E-state index is 12.1. The van der Waals surface area contributed by atoms with E-state index in [4.69, 9.17) is 13.8 Å². The van der Waals surface area contributed by atoms with Gasteiger partial charge in [0.2, 0.25) is 5.91 Å². The van der Waals surface area contributed by atoms with Gasteiger partial charge in [-0.25, -0.2) is 4.57 Å². The van der Waals surface area contributed by atoms with Gasteiger partial charge >= 0.3 is 13.8 Å². The summed E-state index contributed by atoms with van der Waals surface area (Å²) in [6, 6.07) is 0. The van der Waals surface area contributed by atoms with Gasteiger partial charge in [-0.05, 0) is 83.5 Å². The second-order valence-electron chi connectivity index (χ2n) is 16.4. The highest BCUT2D eigenvalue weighted by Crippen LogP contribution is 2.42. The van der Waals surface area contributed by atoms with E-state index in [2.05, 4.69) is 79.9 Å². The zero-order chi connectivity index (χ0) is 44.6. The molecule has 9 nitrogen and oxygen atoms in total. The first kappa shape index (κ1) is 58.7. The van der Waals surface area contributed by atoms with Crippen molar-refractivity contribution < 1.29 is 37.9 Å². The van der Waals surface area contributed by atoms with Crippen LogP contribution in [0.1, 0.15) is 219 Å². The highest BCUT2D eigenvalue weighted by Gasteiger charge is 2.23. The zero-order valence-electron chi connectivity index (χ0n) is 39.1. The number of ether oxygens (including phenoxy) is 1. The van der Waals surface area contributed by atoms with Crippen LogP contribution in [-0.2, 0) is 27.9 Å². The summed E-state index contributed by atoms with van der Waals surface area (Å²) >= 11 is 0. The van der Waals surface area contributed by atoms with Crippen molar-refractivity contribution in [3.05, 3.63) is 60.8 Å². The molecule has 0 radical (unpaired) electrons. The monoisotopic (exact) mass is 878 g/mol. The normalized spacial score (nSPS) is 13.7. The van der Waals surface area contributed by atoms with Crippen LogP contribution in [0.3, 0.4) is 0 Å². The minimum absolute atomic E-state index is 0.0752. The van der Waals surface area contributed by atoms with Crippen LogP contribution in [-0.4, -0.2) is 54.3 Å². The molecular weight excluding hydrogens is 786 g/mol. The van der Waals surface area contributed by atoms with Crippen LogP contribution in [0.5, 0.6) is 0 Å². The summed E-state index contributed by atoms with van der Waals surface area (Å²) < 4.78 is 27.0. The topological polar surface area (TPSA) is 131 Å².